The minimum atomic E-state index is -1.02. The van der Waals surface area contributed by atoms with Gasteiger partial charge in [0.2, 0.25) is 0 Å². The maximum absolute atomic E-state index is 11.7. The zero-order valence-electron chi connectivity index (χ0n) is 21.2. The van der Waals surface area contributed by atoms with E-state index in [2.05, 4.69) is 9.64 Å². The van der Waals surface area contributed by atoms with Gasteiger partial charge >= 0.3 is 12.1 Å². The first-order valence-corrected chi connectivity index (χ1v) is 12.7. The number of ether oxygens (including phenoxy) is 2. The molecule has 1 amide bonds. The summed E-state index contributed by atoms with van der Waals surface area (Å²) in [6.45, 7) is 4.72. The topological polar surface area (TPSA) is 79.3 Å². The predicted molar refractivity (Wildman–Crippen MR) is 143 cm³/mol. The first-order chi connectivity index (χ1) is 18.0. The van der Waals surface area contributed by atoms with Crippen LogP contribution in [0.25, 0.3) is 0 Å². The number of piperidine rings is 3. The molecule has 3 fully saturated rings. The number of esters is 1. The van der Waals surface area contributed by atoms with Gasteiger partial charge in [-0.05, 0) is 92.3 Å². The molecule has 0 saturated carbocycles. The highest BCUT2D eigenvalue weighted by molar-refractivity contribution is 5.89. The second kappa shape index (κ2) is 12.9. The van der Waals surface area contributed by atoms with Crippen molar-refractivity contribution in [2.24, 2.45) is 5.92 Å². The van der Waals surface area contributed by atoms with Crippen molar-refractivity contribution in [1.82, 2.24) is 4.90 Å². The van der Waals surface area contributed by atoms with E-state index in [0.29, 0.717) is 23.6 Å². The lowest BCUT2D eigenvalue weighted by atomic mass is 9.89. The second-order valence-corrected chi connectivity index (χ2v) is 9.40. The molecule has 37 heavy (non-hydrogen) atoms. The molecule has 0 radical (unpaired) electrons. The maximum Gasteiger partial charge on any atom is 0.412 e. The molecule has 3 heterocycles. The molecule has 3 aliphatic heterocycles. The Morgan fingerprint density at radius 2 is 1.57 bits per heavy atom. The molecule has 0 unspecified atom stereocenters. The van der Waals surface area contributed by atoms with Crippen LogP contribution in [0.4, 0.5) is 10.5 Å². The normalized spacial score (nSPS) is 17.8. The van der Waals surface area contributed by atoms with E-state index >= 15 is 0 Å². The van der Waals surface area contributed by atoms with Gasteiger partial charge in [0.05, 0.1) is 19.2 Å². The molecule has 1 N–H and O–H groups in total. The average molecular weight is 503 g/mol. The van der Waals surface area contributed by atoms with Gasteiger partial charge in [0.15, 0.2) is 0 Å². The zero-order valence-corrected chi connectivity index (χ0v) is 21.2. The van der Waals surface area contributed by atoms with Gasteiger partial charge in [0.1, 0.15) is 12.4 Å². The van der Waals surface area contributed by atoms with Crippen LogP contribution in [-0.2, 0) is 17.9 Å². The summed E-state index contributed by atoms with van der Waals surface area (Å²) >= 11 is 0. The van der Waals surface area contributed by atoms with Crippen molar-refractivity contribution >= 4 is 17.7 Å². The highest BCUT2D eigenvalue weighted by Gasteiger charge is 2.24. The number of rotatable bonds is 7. The van der Waals surface area contributed by atoms with Crippen LogP contribution < -0.4 is 9.64 Å². The van der Waals surface area contributed by atoms with Crippen molar-refractivity contribution in [3.05, 3.63) is 95.6 Å². The minimum Gasteiger partial charge on any atom is -0.489 e. The fourth-order valence-electron chi connectivity index (χ4n) is 4.68. The van der Waals surface area contributed by atoms with E-state index in [0.717, 1.165) is 17.0 Å². The molecule has 3 aromatic rings. The molecule has 0 aliphatic carbocycles. The Bertz CT molecular complexity index is 1140. The fourth-order valence-corrected chi connectivity index (χ4v) is 4.68. The van der Waals surface area contributed by atoms with Gasteiger partial charge in [-0.1, -0.05) is 42.5 Å². The lowest BCUT2D eigenvalue weighted by Gasteiger charge is -2.38. The van der Waals surface area contributed by atoms with Crippen LogP contribution in [0.2, 0.25) is 0 Å². The van der Waals surface area contributed by atoms with E-state index in [1.165, 1.54) is 50.9 Å². The number of para-hydroxylation sites is 1. The van der Waals surface area contributed by atoms with Crippen LogP contribution in [-0.4, -0.2) is 48.8 Å². The van der Waals surface area contributed by atoms with Crippen LogP contribution >= 0.6 is 0 Å². The third-order valence-corrected chi connectivity index (χ3v) is 6.88. The summed E-state index contributed by atoms with van der Waals surface area (Å²) < 4.78 is 10.5. The number of methoxy groups -OCH3 is 1. The van der Waals surface area contributed by atoms with Crippen LogP contribution in [0.5, 0.6) is 5.75 Å². The quantitative estimate of drug-likeness (QED) is 0.409. The summed E-state index contributed by atoms with van der Waals surface area (Å²) in [7, 11) is 1.34. The molecule has 0 spiro atoms. The molecule has 0 aromatic heterocycles. The van der Waals surface area contributed by atoms with Crippen molar-refractivity contribution in [3.8, 4) is 5.75 Å². The van der Waals surface area contributed by atoms with E-state index in [1.54, 1.807) is 48.5 Å². The number of nitrogens with zero attached hydrogens (tertiary/aromatic N) is 2. The van der Waals surface area contributed by atoms with Gasteiger partial charge in [-0.3, -0.25) is 4.90 Å². The van der Waals surface area contributed by atoms with Crippen molar-refractivity contribution in [2.75, 3.05) is 31.6 Å². The highest BCUT2D eigenvalue weighted by atomic mass is 16.5. The van der Waals surface area contributed by atoms with Gasteiger partial charge in [-0.15, -0.1) is 0 Å². The Balaban J connectivity index is 0.000000335. The maximum atomic E-state index is 11.7. The van der Waals surface area contributed by atoms with Gasteiger partial charge in [0.25, 0.3) is 0 Å². The first-order valence-electron chi connectivity index (χ1n) is 12.7. The summed E-state index contributed by atoms with van der Waals surface area (Å²) in [5.74, 6) is 1.37. The fraction of sp³-hybridized carbons (Fsp3) is 0.333. The number of carbonyl (C=O) groups excluding carboxylic acids is 1. The number of anilines is 1. The Labute approximate surface area is 218 Å². The third kappa shape index (κ3) is 7.57. The number of carboxylic acid groups (broad SMARTS) is 1. The molecule has 0 atom stereocenters. The molecule has 7 heteroatoms. The van der Waals surface area contributed by atoms with Gasteiger partial charge in [0, 0.05) is 5.69 Å². The highest BCUT2D eigenvalue weighted by Crippen LogP contribution is 2.26. The minimum absolute atomic E-state index is 0.213. The monoisotopic (exact) mass is 502 g/mol. The molecular formula is C30H34N2O5. The summed E-state index contributed by atoms with van der Waals surface area (Å²) in [6, 6.07) is 23.3. The smallest absolute Gasteiger partial charge is 0.412 e. The summed E-state index contributed by atoms with van der Waals surface area (Å²) in [6.07, 6.45) is 3.44. The molecular weight excluding hydrogens is 468 g/mol. The molecule has 7 nitrogen and oxygen atoms in total. The van der Waals surface area contributed by atoms with Crippen LogP contribution in [0.3, 0.4) is 0 Å². The Morgan fingerprint density at radius 1 is 0.892 bits per heavy atom. The van der Waals surface area contributed by atoms with Crippen molar-refractivity contribution in [3.63, 3.8) is 0 Å². The van der Waals surface area contributed by atoms with Gasteiger partial charge in [-0.2, -0.15) is 0 Å². The molecule has 3 aliphatic rings. The summed E-state index contributed by atoms with van der Waals surface area (Å²) in [5.41, 5.74) is 2.80. The van der Waals surface area contributed by atoms with Crippen molar-refractivity contribution < 1.29 is 24.2 Å². The van der Waals surface area contributed by atoms with Crippen LogP contribution in [0, 0.1) is 5.92 Å². The number of benzene rings is 3. The number of carbonyl (C=O) groups is 2. The second-order valence-electron chi connectivity index (χ2n) is 9.40. The van der Waals surface area contributed by atoms with Crippen molar-refractivity contribution in [2.45, 2.75) is 32.4 Å². The number of fused-ring (bicyclic) bond motifs is 3. The number of hydrogen-bond donors (Lipinski definition) is 1. The lowest BCUT2D eigenvalue weighted by Crippen LogP contribution is -2.41. The van der Waals surface area contributed by atoms with Crippen LogP contribution in [0.15, 0.2) is 78.9 Å². The molecule has 3 saturated heterocycles. The van der Waals surface area contributed by atoms with Gasteiger partial charge < -0.3 is 19.5 Å². The zero-order chi connectivity index (χ0) is 26.0. The largest absolute Gasteiger partial charge is 0.489 e. The Hall–Kier alpha value is -3.84. The molecule has 3 aromatic carbocycles. The van der Waals surface area contributed by atoms with E-state index in [9.17, 15) is 14.7 Å². The molecule has 6 rings (SSSR count). The number of hydrogen-bond acceptors (Lipinski definition) is 5. The average Bonchev–Trinajstić information content (AvgIpc) is 2.96. The summed E-state index contributed by atoms with van der Waals surface area (Å²) in [5, 5.41) is 9.55. The van der Waals surface area contributed by atoms with E-state index < -0.39 is 6.09 Å². The third-order valence-electron chi connectivity index (χ3n) is 6.88. The molecule has 194 valence electrons. The van der Waals surface area contributed by atoms with Crippen molar-refractivity contribution in [1.29, 1.82) is 0 Å². The van der Waals surface area contributed by atoms with Gasteiger partial charge in [-0.25, -0.2) is 9.59 Å². The standard InChI is InChI=1S/C23H21NO5.C7H13N/c1-28-22(25)19-12-10-17(11-13-19)16-29-21-9-5-6-18(14-21)15-24(23(26)27)20-7-3-2-4-8-20;1-4-8-5-2-7(1)3-6-8/h2-14H,15-16H2,1H3,(H,26,27);7H,1-6H2. The van der Waals surface area contributed by atoms with E-state index in [1.807, 2.05) is 30.3 Å². The van der Waals surface area contributed by atoms with E-state index in [-0.39, 0.29) is 12.5 Å². The van der Waals surface area contributed by atoms with Crippen LogP contribution in [0.1, 0.15) is 40.7 Å². The molecule has 2 bridgehead atoms. The lowest BCUT2D eigenvalue weighted by molar-refractivity contribution is 0.0600. The summed E-state index contributed by atoms with van der Waals surface area (Å²) in [4.78, 5) is 27.0. The number of amides is 1. The van der Waals surface area contributed by atoms with E-state index in [4.69, 9.17) is 4.74 Å². The predicted octanol–water partition coefficient (Wildman–Crippen LogP) is 5.84. The Kier molecular flexibility index (Phi) is 9.16. The SMILES string of the molecule is C1CN2CCC1CC2.COC(=O)c1ccc(COc2cccc(CN(C(=O)O)c3ccccc3)c2)cc1. The Morgan fingerprint density at radius 3 is 2.11 bits per heavy atom. The first kappa shape index (κ1) is 26.2.